The zero-order valence-electron chi connectivity index (χ0n) is 32.2. The van der Waals surface area contributed by atoms with Crippen LogP contribution >= 0.6 is 0 Å². The third-order valence-corrected chi connectivity index (χ3v) is 7.73. The highest BCUT2D eigenvalue weighted by Crippen LogP contribution is 2.21. The molecule has 0 amide bonds. The van der Waals surface area contributed by atoms with Crippen molar-refractivity contribution < 1.29 is 0 Å². The van der Waals surface area contributed by atoms with Gasteiger partial charge in [-0.2, -0.15) is 0 Å². The van der Waals surface area contributed by atoms with Gasteiger partial charge in [0.15, 0.2) is 0 Å². The summed E-state index contributed by atoms with van der Waals surface area (Å²) in [5.41, 5.74) is 11.6. The highest BCUT2D eigenvalue weighted by atomic mass is 14.5. The zero-order chi connectivity index (χ0) is 39.1. The summed E-state index contributed by atoms with van der Waals surface area (Å²) in [5.74, 6) is 0. The van der Waals surface area contributed by atoms with Crippen LogP contribution in [0.3, 0.4) is 0 Å². The van der Waals surface area contributed by atoms with E-state index in [9.17, 15) is 0 Å². The molecule has 0 aromatic heterocycles. The molecule has 2 nitrogen and oxygen atoms in total. The fourth-order valence-electron chi connectivity index (χ4n) is 4.91. The number of fused-ring (bicyclic) bond motifs is 2. The van der Waals surface area contributed by atoms with Gasteiger partial charge in [0.05, 0.1) is 0 Å². The molecule has 0 saturated heterocycles. The SMILES string of the molecule is C/C=C/C=C\C=C/c1ccccc1N.C=CCC.C=N.CC1=C/C=C\C=C/C=C/C=C/C=C\1.c1ccc2cc(Cc3ccc4ccccc4c3)ccc2c1. The second-order valence-corrected chi connectivity index (χ2v) is 11.9. The lowest BCUT2D eigenvalue weighted by atomic mass is 9.99. The first kappa shape index (κ1) is 43.7. The number of hydrogen-bond donors (Lipinski definition) is 2. The molecule has 5 aromatic carbocycles. The number of allylic oxidation sites excluding steroid dienone is 18. The van der Waals surface area contributed by atoms with Gasteiger partial charge in [0.2, 0.25) is 0 Å². The van der Waals surface area contributed by atoms with E-state index in [4.69, 9.17) is 11.1 Å². The van der Waals surface area contributed by atoms with E-state index in [2.05, 4.69) is 124 Å². The molecular weight excluding hydrogens is 653 g/mol. The Morgan fingerprint density at radius 2 is 1.04 bits per heavy atom. The highest BCUT2D eigenvalue weighted by Gasteiger charge is 2.00. The van der Waals surface area contributed by atoms with Crippen LogP contribution in [-0.4, -0.2) is 6.72 Å². The first-order valence-electron chi connectivity index (χ1n) is 18.3. The van der Waals surface area contributed by atoms with Crippen LogP contribution in [0.4, 0.5) is 5.69 Å². The molecule has 2 heteroatoms. The number of nitrogens with two attached hydrogens (primary N) is 1. The normalized spacial score (nSPS) is 15.9. The molecule has 1 aliphatic carbocycles. The Balaban J connectivity index is 0.000000270. The second-order valence-electron chi connectivity index (χ2n) is 11.9. The predicted molar refractivity (Wildman–Crippen MR) is 244 cm³/mol. The quantitative estimate of drug-likeness (QED) is 0.0784. The van der Waals surface area contributed by atoms with Crippen LogP contribution < -0.4 is 5.73 Å². The highest BCUT2D eigenvalue weighted by molar-refractivity contribution is 5.84. The van der Waals surface area contributed by atoms with Crippen LogP contribution in [0.15, 0.2) is 225 Å². The maximum absolute atomic E-state index is 5.77. The van der Waals surface area contributed by atoms with Crippen molar-refractivity contribution in [1.29, 1.82) is 5.41 Å². The minimum Gasteiger partial charge on any atom is -0.398 e. The first-order valence-corrected chi connectivity index (χ1v) is 18.3. The van der Waals surface area contributed by atoms with Crippen molar-refractivity contribution in [3.8, 4) is 0 Å². The molecule has 0 bridgehead atoms. The standard InChI is InChI=1S/C21H16.C13H15N.C13H14.C4H8.CH3N/c1-3-7-20-14-16(9-11-18(20)5-1)13-17-10-12-19-6-2-4-8-21(19)15-17;1-2-3-4-5-6-9-12-10-7-8-11-13(12)14;1-13-11-9-7-5-3-2-4-6-8-10-12-13;1-3-4-2;1-2/h1-12,14-15H,13H2;2-11H,14H2,1H3;2-12H,1H3;3H,1,4H2,2H3;2H,1H2/b;3-2+,5-4-,9-6-;3-2+,4-2?,5-3?,6-4-,7-5+,8-6?,9-7?,10-8-,11-9-,12-10?,13-11?,13-12-;;. The van der Waals surface area contributed by atoms with E-state index in [1.807, 2.05) is 128 Å². The topological polar surface area (TPSA) is 49.9 Å². The van der Waals surface area contributed by atoms with E-state index in [-0.39, 0.29) is 0 Å². The van der Waals surface area contributed by atoms with Gasteiger partial charge < -0.3 is 11.1 Å². The minimum absolute atomic E-state index is 0.809. The molecular formula is C52H56N2. The fraction of sp³-hybridized carbons (Fsp3) is 0.0962. The van der Waals surface area contributed by atoms with Gasteiger partial charge in [0.25, 0.3) is 0 Å². The maximum atomic E-state index is 5.77. The number of para-hydroxylation sites is 1. The van der Waals surface area contributed by atoms with Gasteiger partial charge in [0.1, 0.15) is 0 Å². The molecule has 0 atom stereocenters. The van der Waals surface area contributed by atoms with Gasteiger partial charge in [-0.3, -0.25) is 0 Å². The molecule has 5 aromatic rings. The van der Waals surface area contributed by atoms with Gasteiger partial charge in [-0.1, -0.05) is 225 Å². The third-order valence-electron chi connectivity index (χ3n) is 7.73. The summed E-state index contributed by atoms with van der Waals surface area (Å²) in [5, 5.41) is 10.7. The van der Waals surface area contributed by atoms with Crippen LogP contribution in [0.1, 0.15) is 43.9 Å². The lowest BCUT2D eigenvalue weighted by Gasteiger charge is -2.06. The number of hydrogen-bond acceptors (Lipinski definition) is 2. The Kier molecular flexibility index (Phi) is 22.7. The Labute approximate surface area is 325 Å². The zero-order valence-corrected chi connectivity index (χ0v) is 32.2. The average molecular weight is 709 g/mol. The second kappa shape index (κ2) is 28.1. The van der Waals surface area contributed by atoms with E-state index in [1.165, 1.54) is 38.2 Å². The Morgan fingerprint density at radius 1 is 0.574 bits per heavy atom. The van der Waals surface area contributed by atoms with Crippen molar-refractivity contribution in [2.45, 2.75) is 33.6 Å². The van der Waals surface area contributed by atoms with Gasteiger partial charge in [0, 0.05) is 5.69 Å². The van der Waals surface area contributed by atoms with Crippen LogP contribution in [-0.2, 0) is 6.42 Å². The minimum atomic E-state index is 0.809. The van der Waals surface area contributed by atoms with Crippen molar-refractivity contribution in [2.75, 3.05) is 5.73 Å². The largest absolute Gasteiger partial charge is 0.398 e. The Hall–Kier alpha value is -6.51. The molecule has 3 N–H and O–H groups in total. The average Bonchev–Trinajstić information content (AvgIpc) is 3.21. The lowest BCUT2D eigenvalue weighted by molar-refractivity contribution is 1.21. The van der Waals surface area contributed by atoms with Gasteiger partial charge >= 0.3 is 0 Å². The Morgan fingerprint density at radius 3 is 1.56 bits per heavy atom. The molecule has 6 rings (SSSR count). The number of nitrogens with one attached hydrogen (secondary N) is 1. The van der Waals surface area contributed by atoms with Gasteiger partial charge in [-0.05, 0) is 77.7 Å². The molecule has 0 aliphatic heterocycles. The summed E-state index contributed by atoms with van der Waals surface area (Å²) >= 11 is 0. The van der Waals surface area contributed by atoms with Crippen molar-refractivity contribution >= 4 is 40.0 Å². The van der Waals surface area contributed by atoms with Gasteiger partial charge in [-0.15, -0.1) is 6.58 Å². The van der Waals surface area contributed by atoms with Crippen LogP contribution in [0.2, 0.25) is 0 Å². The number of nitrogen functional groups attached to an aromatic ring is 1. The number of benzene rings is 5. The number of anilines is 1. The summed E-state index contributed by atoms with van der Waals surface area (Å²) in [4.78, 5) is 0. The number of rotatable bonds is 6. The molecule has 0 unspecified atom stereocenters. The van der Waals surface area contributed by atoms with E-state index in [0.717, 1.165) is 24.1 Å². The Bertz CT molecular complexity index is 2030. The molecule has 1 aliphatic rings. The molecule has 54 heavy (non-hydrogen) atoms. The summed E-state index contributed by atoms with van der Waals surface area (Å²) < 4.78 is 0. The monoisotopic (exact) mass is 708 g/mol. The van der Waals surface area contributed by atoms with Crippen molar-refractivity contribution in [3.63, 3.8) is 0 Å². The van der Waals surface area contributed by atoms with E-state index >= 15 is 0 Å². The summed E-state index contributed by atoms with van der Waals surface area (Å²) in [6.07, 6.45) is 38.2. The summed E-state index contributed by atoms with van der Waals surface area (Å²) in [6, 6.07) is 38.4. The molecule has 274 valence electrons. The van der Waals surface area contributed by atoms with Crippen LogP contribution in [0.25, 0.3) is 27.6 Å². The first-order chi connectivity index (χ1) is 26.5. The molecule has 0 heterocycles. The van der Waals surface area contributed by atoms with Crippen LogP contribution in [0, 0.1) is 5.41 Å². The lowest BCUT2D eigenvalue weighted by Crippen LogP contribution is -1.88. The van der Waals surface area contributed by atoms with E-state index < -0.39 is 0 Å². The maximum Gasteiger partial charge on any atom is 0.0387 e. The summed E-state index contributed by atoms with van der Waals surface area (Å²) in [7, 11) is 0. The molecule has 0 saturated carbocycles. The molecule has 0 fully saturated rings. The van der Waals surface area contributed by atoms with Crippen LogP contribution in [0.5, 0.6) is 0 Å². The van der Waals surface area contributed by atoms with Crippen molar-refractivity contribution in [1.82, 2.24) is 0 Å². The van der Waals surface area contributed by atoms with E-state index in [0.29, 0.717) is 0 Å². The fourth-order valence-corrected chi connectivity index (χ4v) is 4.91. The molecule has 0 spiro atoms. The van der Waals surface area contributed by atoms with E-state index in [1.54, 1.807) is 0 Å². The predicted octanol–water partition coefficient (Wildman–Crippen LogP) is 14.6. The van der Waals surface area contributed by atoms with Crippen molar-refractivity contribution in [2.24, 2.45) is 0 Å². The summed E-state index contributed by atoms with van der Waals surface area (Å²) in [6.45, 7) is 12.1. The molecule has 0 radical (unpaired) electrons. The van der Waals surface area contributed by atoms with Gasteiger partial charge in [-0.25, -0.2) is 0 Å². The third kappa shape index (κ3) is 18.1. The smallest absolute Gasteiger partial charge is 0.0387 e. The van der Waals surface area contributed by atoms with Crippen molar-refractivity contribution in [3.05, 3.63) is 241 Å².